The maximum Gasteiger partial charge on any atom is 0.247 e. The molecule has 1 atom stereocenters. The van der Waals surface area contributed by atoms with Crippen molar-refractivity contribution < 1.29 is 9.59 Å². The van der Waals surface area contributed by atoms with Crippen molar-refractivity contribution >= 4 is 35.7 Å². The third kappa shape index (κ3) is 3.32. The van der Waals surface area contributed by atoms with Gasteiger partial charge in [0.15, 0.2) is 0 Å². The molecule has 92 valence electrons. The highest BCUT2D eigenvalue weighted by atomic mass is 35.5. The van der Waals surface area contributed by atoms with Crippen LogP contribution in [-0.2, 0) is 9.59 Å². The lowest BCUT2D eigenvalue weighted by Crippen LogP contribution is -2.37. The van der Waals surface area contributed by atoms with Gasteiger partial charge in [-0.25, -0.2) is 4.98 Å². The first-order valence-electron chi connectivity index (χ1n) is 4.97. The number of halogens is 1. The summed E-state index contributed by atoms with van der Waals surface area (Å²) in [4.78, 5) is 26.4. The summed E-state index contributed by atoms with van der Waals surface area (Å²) < 4.78 is 0. The van der Waals surface area contributed by atoms with E-state index in [4.69, 9.17) is 5.73 Å². The molecule has 0 radical (unpaired) electrons. The molecule has 7 heteroatoms. The lowest BCUT2D eigenvalue weighted by Gasteiger charge is -2.10. The highest BCUT2D eigenvalue weighted by Gasteiger charge is 2.26. The van der Waals surface area contributed by atoms with Crippen molar-refractivity contribution in [2.45, 2.75) is 18.9 Å². The number of carbonyl (C=O) groups excluding carboxylic acids is 2. The number of pyridine rings is 1. The number of hydrogen-bond acceptors (Lipinski definition) is 4. The fourth-order valence-corrected chi connectivity index (χ4v) is 1.52. The van der Waals surface area contributed by atoms with Gasteiger partial charge in [-0.3, -0.25) is 9.59 Å². The van der Waals surface area contributed by atoms with Crippen LogP contribution in [0.25, 0.3) is 0 Å². The van der Waals surface area contributed by atoms with E-state index in [-0.39, 0.29) is 24.2 Å². The van der Waals surface area contributed by atoms with Crippen molar-refractivity contribution in [1.29, 1.82) is 0 Å². The van der Waals surface area contributed by atoms with Crippen LogP contribution in [0.2, 0.25) is 0 Å². The van der Waals surface area contributed by atoms with Crippen LogP contribution < -0.4 is 16.4 Å². The Kier molecular flexibility index (Phi) is 4.28. The topological polar surface area (TPSA) is 97.1 Å². The summed E-state index contributed by atoms with van der Waals surface area (Å²) >= 11 is 0. The Morgan fingerprint density at radius 3 is 2.82 bits per heavy atom. The number of hydrogen-bond donors (Lipinski definition) is 3. The first kappa shape index (κ1) is 13.2. The van der Waals surface area contributed by atoms with Crippen molar-refractivity contribution in [3.8, 4) is 0 Å². The fourth-order valence-electron chi connectivity index (χ4n) is 1.52. The Balaban J connectivity index is 0.00000144. The molecule has 1 saturated heterocycles. The fraction of sp³-hybridized carbons (Fsp3) is 0.300. The lowest BCUT2D eigenvalue weighted by molar-refractivity contribution is -0.122. The summed E-state index contributed by atoms with van der Waals surface area (Å²) in [5.41, 5.74) is 5.99. The van der Waals surface area contributed by atoms with E-state index >= 15 is 0 Å². The smallest absolute Gasteiger partial charge is 0.247 e. The van der Waals surface area contributed by atoms with E-state index in [0.29, 0.717) is 24.3 Å². The molecule has 6 nitrogen and oxygen atoms in total. The normalized spacial score (nSPS) is 18.1. The standard InChI is InChI=1S/C10H12N4O2.ClH/c11-8-3-1-6(5-12-8)13-10(16)7-2-4-9(15)14-7;/h1,3,5,7H,2,4H2,(H2,11,12)(H,13,16)(H,14,15);1H/t7-;/m1./s1. The van der Waals surface area contributed by atoms with Gasteiger partial charge >= 0.3 is 0 Å². The number of nitrogens with one attached hydrogen (secondary N) is 2. The van der Waals surface area contributed by atoms with E-state index in [9.17, 15) is 9.59 Å². The average molecular weight is 257 g/mol. The van der Waals surface area contributed by atoms with Gasteiger partial charge in [0, 0.05) is 6.42 Å². The first-order valence-corrected chi connectivity index (χ1v) is 4.97. The lowest BCUT2D eigenvalue weighted by atomic mass is 10.2. The molecule has 17 heavy (non-hydrogen) atoms. The Hall–Kier alpha value is -1.82. The van der Waals surface area contributed by atoms with E-state index in [0.717, 1.165) is 0 Å². The van der Waals surface area contributed by atoms with Crippen molar-refractivity contribution in [3.05, 3.63) is 18.3 Å². The molecule has 2 rings (SSSR count). The van der Waals surface area contributed by atoms with Gasteiger partial charge in [-0.1, -0.05) is 0 Å². The third-order valence-electron chi connectivity index (χ3n) is 2.37. The molecule has 0 unspecified atom stereocenters. The quantitative estimate of drug-likeness (QED) is 0.709. The molecule has 0 saturated carbocycles. The molecule has 1 aromatic heterocycles. The number of anilines is 2. The van der Waals surface area contributed by atoms with Crippen LogP contribution in [0, 0.1) is 0 Å². The molecule has 0 bridgehead atoms. The van der Waals surface area contributed by atoms with E-state index in [2.05, 4.69) is 15.6 Å². The van der Waals surface area contributed by atoms with Gasteiger partial charge in [-0.05, 0) is 18.6 Å². The maximum atomic E-state index is 11.7. The van der Waals surface area contributed by atoms with Crippen molar-refractivity contribution in [3.63, 3.8) is 0 Å². The molecular weight excluding hydrogens is 244 g/mol. The highest BCUT2D eigenvalue weighted by molar-refractivity contribution is 5.98. The first-order chi connectivity index (χ1) is 7.65. The second-order valence-corrected chi connectivity index (χ2v) is 3.62. The zero-order valence-corrected chi connectivity index (χ0v) is 9.79. The molecule has 0 aliphatic carbocycles. The summed E-state index contributed by atoms with van der Waals surface area (Å²) in [6, 6.07) is 2.82. The molecule has 0 spiro atoms. The van der Waals surface area contributed by atoms with Crippen molar-refractivity contribution in [2.75, 3.05) is 11.1 Å². The van der Waals surface area contributed by atoms with Gasteiger partial charge in [-0.15, -0.1) is 12.4 Å². The van der Waals surface area contributed by atoms with Crippen LogP contribution in [-0.4, -0.2) is 22.8 Å². The van der Waals surface area contributed by atoms with E-state index in [1.54, 1.807) is 12.1 Å². The van der Waals surface area contributed by atoms with Crippen LogP contribution in [0.15, 0.2) is 18.3 Å². The Morgan fingerprint density at radius 1 is 1.53 bits per heavy atom. The second-order valence-electron chi connectivity index (χ2n) is 3.62. The van der Waals surface area contributed by atoms with Gasteiger partial charge in [0.2, 0.25) is 11.8 Å². The molecule has 0 aromatic carbocycles. The van der Waals surface area contributed by atoms with Gasteiger partial charge in [-0.2, -0.15) is 0 Å². The van der Waals surface area contributed by atoms with E-state index < -0.39 is 6.04 Å². The summed E-state index contributed by atoms with van der Waals surface area (Å²) in [5, 5.41) is 5.25. The summed E-state index contributed by atoms with van der Waals surface area (Å²) in [6.07, 6.45) is 2.41. The van der Waals surface area contributed by atoms with Crippen LogP contribution in [0.1, 0.15) is 12.8 Å². The van der Waals surface area contributed by atoms with Crippen molar-refractivity contribution in [1.82, 2.24) is 10.3 Å². The predicted octanol–water partition coefficient (Wildman–Crippen LogP) is 0.303. The molecular formula is C10H13ClN4O2. The molecule has 1 aromatic rings. The Labute approximate surface area is 104 Å². The van der Waals surface area contributed by atoms with Gasteiger partial charge in [0.25, 0.3) is 0 Å². The van der Waals surface area contributed by atoms with Crippen LogP contribution in [0.4, 0.5) is 11.5 Å². The van der Waals surface area contributed by atoms with E-state index in [1.807, 2.05) is 0 Å². The Bertz CT molecular complexity index is 421. The number of rotatable bonds is 2. The summed E-state index contributed by atoms with van der Waals surface area (Å²) in [6.45, 7) is 0. The molecule has 1 aliphatic heterocycles. The number of aromatic nitrogens is 1. The van der Waals surface area contributed by atoms with Crippen LogP contribution in [0.5, 0.6) is 0 Å². The number of nitrogens with two attached hydrogens (primary N) is 1. The van der Waals surface area contributed by atoms with E-state index in [1.165, 1.54) is 6.20 Å². The predicted molar refractivity (Wildman–Crippen MR) is 65.7 cm³/mol. The van der Waals surface area contributed by atoms with Gasteiger partial charge < -0.3 is 16.4 Å². The summed E-state index contributed by atoms with van der Waals surface area (Å²) in [7, 11) is 0. The minimum Gasteiger partial charge on any atom is -0.384 e. The highest BCUT2D eigenvalue weighted by Crippen LogP contribution is 2.11. The number of nitrogen functional groups attached to an aromatic ring is 1. The van der Waals surface area contributed by atoms with Crippen LogP contribution >= 0.6 is 12.4 Å². The monoisotopic (exact) mass is 256 g/mol. The zero-order valence-electron chi connectivity index (χ0n) is 8.97. The van der Waals surface area contributed by atoms with Gasteiger partial charge in [0.05, 0.1) is 11.9 Å². The number of carbonyl (C=O) groups is 2. The Morgan fingerprint density at radius 2 is 2.29 bits per heavy atom. The molecule has 2 amide bonds. The summed E-state index contributed by atoms with van der Waals surface area (Å²) in [5.74, 6) is 0.0835. The van der Waals surface area contributed by atoms with Gasteiger partial charge in [0.1, 0.15) is 11.9 Å². The SMILES string of the molecule is Cl.Nc1ccc(NC(=O)[C@H]2CCC(=O)N2)cn1. The molecule has 1 aliphatic rings. The average Bonchev–Trinajstić information content (AvgIpc) is 2.68. The van der Waals surface area contributed by atoms with Crippen molar-refractivity contribution in [2.24, 2.45) is 0 Å². The maximum absolute atomic E-state index is 11.7. The third-order valence-corrected chi connectivity index (χ3v) is 2.37. The number of amides is 2. The second kappa shape index (κ2) is 5.49. The van der Waals surface area contributed by atoms with Crippen LogP contribution in [0.3, 0.4) is 0 Å². The molecule has 2 heterocycles. The number of nitrogens with zero attached hydrogens (tertiary/aromatic N) is 1. The zero-order chi connectivity index (χ0) is 11.5. The molecule has 1 fully saturated rings. The largest absolute Gasteiger partial charge is 0.384 e. The molecule has 4 N–H and O–H groups in total. The minimum absolute atomic E-state index is 0. The minimum atomic E-state index is -0.440.